The first-order chi connectivity index (χ1) is 14.8. The van der Waals surface area contributed by atoms with Crippen molar-refractivity contribution < 1.29 is 9.53 Å². The van der Waals surface area contributed by atoms with E-state index in [0.29, 0.717) is 25.0 Å². The SMILES string of the molecule is O=C(OCc1ccccc1)[C@H]1[C@H]2CC[C@@H](C2)[C@H]1NCc1csc(-c2ccccn2)n1. The molecule has 1 N–H and O–H groups in total. The zero-order valence-corrected chi connectivity index (χ0v) is 17.6. The summed E-state index contributed by atoms with van der Waals surface area (Å²) in [6, 6.07) is 15.9. The van der Waals surface area contributed by atoms with Crippen molar-refractivity contribution in [1.82, 2.24) is 15.3 Å². The highest BCUT2D eigenvalue weighted by atomic mass is 32.1. The van der Waals surface area contributed by atoms with Crippen molar-refractivity contribution in [3.8, 4) is 10.7 Å². The Hall–Kier alpha value is -2.57. The fourth-order valence-corrected chi connectivity index (χ4v) is 5.76. The van der Waals surface area contributed by atoms with Gasteiger partial charge in [-0.3, -0.25) is 9.78 Å². The highest BCUT2D eigenvalue weighted by molar-refractivity contribution is 7.13. The lowest BCUT2D eigenvalue weighted by molar-refractivity contribution is -0.152. The summed E-state index contributed by atoms with van der Waals surface area (Å²) < 4.78 is 5.71. The summed E-state index contributed by atoms with van der Waals surface area (Å²) in [4.78, 5) is 22.0. The van der Waals surface area contributed by atoms with E-state index < -0.39 is 0 Å². The quantitative estimate of drug-likeness (QED) is 0.573. The second-order valence-electron chi connectivity index (χ2n) is 8.22. The second-order valence-corrected chi connectivity index (χ2v) is 9.08. The average molecular weight is 420 g/mol. The highest BCUT2D eigenvalue weighted by Gasteiger charge is 2.51. The number of thiazole rings is 1. The van der Waals surface area contributed by atoms with E-state index in [1.165, 1.54) is 6.42 Å². The van der Waals surface area contributed by atoms with Crippen molar-refractivity contribution in [3.05, 3.63) is 71.4 Å². The normalized spacial score (nSPS) is 24.8. The molecule has 0 saturated heterocycles. The van der Waals surface area contributed by atoms with Gasteiger partial charge in [-0.15, -0.1) is 11.3 Å². The van der Waals surface area contributed by atoms with Crippen molar-refractivity contribution >= 4 is 17.3 Å². The van der Waals surface area contributed by atoms with E-state index in [2.05, 4.69) is 15.7 Å². The third kappa shape index (κ3) is 4.02. The largest absolute Gasteiger partial charge is 0.461 e. The Bertz CT molecular complexity index is 992. The average Bonchev–Trinajstić information content (AvgIpc) is 3.53. The van der Waals surface area contributed by atoms with E-state index >= 15 is 0 Å². The molecule has 154 valence electrons. The Kier molecular flexibility index (Phi) is 5.60. The van der Waals surface area contributed by atoms with E-state index in [1.807, 2.05) is 48.5 Å². The Labute approximate surface area is 180 Å². The van der Waals surface area contributed by atoms with Crippen LogP contribution < -0.4 is 5.32 Å². The van der Waals surface area contributed by atoms with Gasteiger partial charge in [0.15, 0.2) is 0 Å². The second kappa shape index (κ2) is 8.66. The lowest BCUT2D eigenvalue weighted by Gasteiger charge is -2.30. The molecule has 5 nitrogen and oxygen atoms in total. The number of ether oxygens (including phenoxy) is 1. The topological polar surface area (TPSA) is 64.1 Å². The minimum atomic E-state index is -0.0593. The molecule has 0 amide bonds. The van der Waals surface area contributed by atoms with Gasteiger partial charge in [-0.25, -0.2) is 4.98 Å². The van der Waals surface area contributed by atoms with E-state index in [9.17, 15) is 4.79 Å². The van der Waals surface area contributed by atoms with Crippen LogP contribution in [0.25, 0.3) is 10.7 Å². The van der Waals surface area contributed by atoms with Crippen LogP contribution in [0.4, 0.5) is 0 Å². The lowest BCUT2D eigenvalue weighted by atomic mass is 9.84. The number of hydrogen-bond donors (Lipinski definition) is 1. The van der Waals surface area contributed by atoms with Crippen LogP contribution in [0.2, 0.25) is 0 Å². The van der Waals surface area contributed by atoms with Gasteiger partial charge in [-0.2, -0.15) is 0 Å². The number of rotatable bonds is 7. The highest BCUT2D eigenvalue weighted by Crippen LogP contribution is 2.49. The van der Waals surface area contributed by atoms with Crippen LogP contribution in [0.3, 0.4) is 0 Å². The Morgan fingerprint density at radius 1 is 1.10 bits per heavy atom. The molecular weight excluding hydrogens is 394 g/mol. The number of carbonyl (C=O) groups excluding carboxylic acids is 1. The third-order valence-electron chi connectivity index (χ3n) is 6.37. The number of hydrogen-bond acceptors (Lipinski definition) is 6. The predicted molar refractivity (Wildman–Crippen MR) is 117 cm³/mol. The van der Waals surface area contributed by atoms with Crippen molar-refractivity contribution in [2.24, 2.45) is 17.8 Å². The summed E-state index contributed by atoms with van der Waals surface area (Å²) in [6.45, 7) is 1.01. The van der Waals surface area contributed by atoms with E-state index in [0.717, 1.165) is 34.8 Å². The van der Waals surface area contributed by atoms with Crippen molar-refractivity contribution in [1.29, 1.82) is 0 Å². The van der Waals surface area contributed by atoms with Gasteiger partial charge in [0.2, 0.25) is 0 Å². The Morgan fingerprint density at radius 2 is 1.93 bits per heavy atom. The molecule has 3 aromatic rings. The van der Waals surface area contributed by atoms with Gasteiger partial charge in [0, 0.05) is 24.2 Å². The standard InChI is InChI=1S/C24H25N3O2S/c28-24(29-14-16-6-2-1-3-7-16)21-17-9-10-18(12-17)22(21)26-13-19-15-30-23(27-19)20-8-4-5-11-25-20/h1-8,11,15,17-18,21-22,26H,9-10,12-14H2/t17-,18-,21-,22+/m0/s1. The molecule has 2 heterocycles. The number of nitrogens with zero attached hydrogens (tertiary/aromatic N) is 2. The molecule has 4 atom stereocenters. The first-order valence-electron chi connectivity index (χ1n) is 10.6. The Balaban J connectivity index is 1.22. The first-order valence-corrected chi connectivity index (χ1v) is 11.5. The third-order valence-corrected chi connectivity index (χ3v) is 7.28. The molecule has 2 saturated carbocycles. The summed E-state index contributed by atoms with van der Waals surface area (Å²) in [5.41, 5.74) is 2.93. The molecule has 2 aromatic heterocycles. The molecular formula is C24H25N3O2S. The smallest absolute Gasteiger partial charge is 0.311 e. The number of carbonyl (C=O) groups is 1. The molecule has 2 aliphatic carbocycles. The summed E-state index contributed by atoms with van der Waals surface area (Å²) >= 11 is 1.61. The van der Waals surface area contributed by atoms with Crippen LogP contribution in [0.5, 0.6) is 0 Å². The number of benzene rings is 1. The van der Waals surface area contributed by atoms with Crippen LogP contribution in [0, 0.1) is 17.8 Å². The Morgan fingerprint density at radius 3 is 2.77 bits per heavy atom. The fourth-order valence-electron chi connectivity index (χ4n) is 4.97. The molecule has 1 aromatic carbocycles. The minimum Gasteiger partial charge on any atom is -0.461 e. The summed E-state index contributed by atoms with van der Waals surface area (Å²) in [5.74, 6) is 0.880. The number of nitrogens with one attached hydrogen (secondary N) is 1. The van der Waals surface area contributed by atoms with Crippen molar-refractivity contribution in [2.45, 2.75) is 38.5 Å². The minimum absolute atomic E-state index is 0.0543. The maximum atomic E-state index is 12.9. The number of pyridine rings is 1. The molecule has 2 aliphatic rings. The molecule has 6 heteroatoms. The van der Waals surface area contributed by atoms with Gasteiger partial charge in [-0.05, 0) is 48.8 Å². The fraction of sp³-hybridized carbons (Fsp3) is 0.375. The summed E-state index contributed by atoms with van der Waals surface area (Å²) in [5, 5.41) is 6.65. The monoisotopic (exact) mass is 419 g/mol. The summed E-state index contributed by atoms with van der Waals surface area (Å²) in [7, 11) is 0. The molecule has 0 unspecified atom stereocenters. The maximum absolute atomic E-state index is 12.9. The van der Waals surface area contributed by atoms with E-state index in [1.54, 1.807) is 17.5 Å². The molecule has 30 heavy (non-hydrogen) atoms. The van der Waals surface area contributed by atoms with Crippen LogP contribution in [0.1, 0.15) is 30.5 Å². The summed E-state index contributed by atoms with van der Waals surface area (Å²) in [6.07, 6.45) is 5.24. The number of fused-ring (bicyclic) bond motifs is 2. The van der Waals surface area contributed by atoms with Crippen LogP contribution in [-0.4, -0.2) is 22.0 Å². The first kappa shape index (κ1) is 19.4. The van der Waals surface area contributed by atoms with Crippen LogP contribution in [-0.2, 0) is 22.7 Å². The van der Waals surface area contributed by atoms with Crippen LogP contribution >= 0.6 is 11.3 Å². The number of aromatic nitrogens is 2. The van der Waals surface area contributed by atoms with Gasteiger partial charge in [0.1, 0.15) is 11.6 Å². The van der Waals surface area contributed by atoms with Gasteiger partial charge in [0.05, 0.1) is 17.3 Å². The van der Waals surface area contributed by atoms with Gasteiger partial charge < -0.3 is 10.1 Å². The van der Waals surface area contributed by atoms with Crippen LogP contribution in [0.15, 0.2) is 60.1 Å². The van der Waals surface area contributed by atoms with E-state index in [-0.39, 0.29) is 17.9 Å². The molecule has 0 aliphatic heterocycles. The molecule has 0 spiro atoms. The van der Waals surface area contributed by atoms with E-state index in [4.69, 9.17) is 9.72 Å². The van der Waals surface area contributed by atoms with Crippen molar-refractivity contribution in [2.75, 3.05) is 0 Å². The van der Waals surface area contributed by atoms with Gasteiger partial charge in [0.25, 0.3) is 0 Å². The molecule has 0 radical (unpaired) electrons. The lowest BCUT2D eigenvalue weighted by Crippen LogP contribution is -2.44. The molecule has 2 fully saturated rings. The molecule has 5 rings (SSSR count). The van der Waals surface area contributed by atoms with Gasteiger partial charge >= 0.3 is 5.97 Å². The van der Waals surface area contributed by atoms with Gasteiger partial charge in [-0.1, -0.05) is 36.4 Å². The number of esters is 1. The maximum Gasteiger partial charge on any atom is 0.311 e. The predicted octanol–water partition coefficient (Wildman–Crippen LogP) is 4.45. The van der Waals surface area contributed by atoms with Crippen molar-refractivity contribution in [3.63, 3.8) is 0 Å². The zero-order chi connectivity index (χ0) is 20.3. The molecule has 2 bridgehead atoms. The zero-order valence-electron chi connectivity index (χ0n) is 16.7.